The Balaban J connectivity index is 2.89. The van der Waals surface area contributed by atoms with Crippen LogP contribution in [0.1, 0.15) is 19.7 Å². The smallest absolute Gasteiger partial charge is 0.157 e. The fraction of sp³-hybridized carbons (Fsp3) is 0.556. The summed E-state index contributed by atoms with van der Waals surface area (Å²) in [7, 11) is 1.61. The van der Waals surface area contributed by atoms with Crippen molar-refractivity contribution in [2.75, 3.05) is 12.5 Å². The molecule has 0 aliphatic carbocycles. The van der Waals surface area contributed by atoms with Gasteiger partial charge in [-0.3, -0.25) is 0 Å². The zero-order valence-electron chi connectivity index (χ0n) is 9.15. The summed E-state index contributed by atoms with van der Waals surface area (Å²) in [6, 6.07) is 1.82. The summed E-state index contributed by atoms with van der Waals surface area (Å²) in [5, 5.41) is 1.38. The van der Waals surface area contributed by atoms with Gasteiger partial charge in [0.2, 0.25) is 0 Å². The van der Waals surface area contributed by atoms with Crippen molar-refractivity contribution >= 4 is 17.6 Å². The first-order valence-electron chi connectivity index (χ1n) is 4.66. The second kappa shape index (κ2) is 5.89. The van der Waals surface area contributed by atoms with Crippen LogP contribution >= 0.6 is 11.8 Å². The summed E-state index contributed by atoms with van der Waals surface area (Å²) in [4.78, 5) is 8.51. The van der Waals surface area contributed by atoms with Crippen molar-refractivity contribution < 1.29 is 4.74 Å². The first-order chi connectivity index (χ1) is 7.15. The normalized spacial score (nSPS) is 10.7. The molecule has 0 saturated heterocycles. The van der Waals surface area contributed by atoms with E-state index < -0.39 is 0 Å². The van der Waals surface area contributed by atoms with Crippen LogP contribution in [0, 0.1) is 0 Å². The maximum absolute atomic E-state index is 5.32. The largest absolute Gasteiger partial charge is 0.377 e. The van der Waals surface area contributed by atoms with Gasteiger partial charge in [-0.1, -0.05) is 13.8 Å². The van der Waals surface area contributed by atoms with Gasteiger partial charge in [0.15, 0.2) is 5.82 Å². The second-order valence-corrected chi connectivity index (χ2v) is 4.85. The molecule has 0 saturated carbocycles. The lowest BCUT2D eigenvalue weighted by Crippen LogP contribution is -2.11. The van der Waals surface area contributed by atoms with E-state index in [0.717, 1.165) is 5.03 Å². The number of nitrogens with one attached hydrogen (secondary N) is 1. The van der Waals surface area contributed by atoms with Crippen LogP contribution in [0.2, 0.25) is 0 Å². The lowest BCUT2D eigenvalue weighted by molar-refractivity contribution is 0.177. The SMILES string of the molecule is COCc1nc(NN)cc(SC(C)C)n1. The van der Waals surface area contributed by atoms with Gasteiger partial charge in [0, 0.05) is 18.4 Å². The minimum Gasteiger partial charge on any atom is -0.377 e. The number of nitrogens with two attached hydrogens (primary N) is 1. The van der Waals surface area contributed by atoms with E-state index in [1.165, 1.54) is 0 Å². The summed E-state index contributed by atoms with van der Waals surface area (Å²) in [6.07, 6.45) is 0. The summed E-state index contributed by atoms with van der Waals surface area (Å²) in [5.74, 6) is 6.57. The summed E-state index contributed by atoms with van der Waals surface area (Å²) < 4.78 is 4.98. The summed E-state index contributed by atoms with van der Waals surface area (Å²) in [5.41, 5.74) is 2.52. The molecule has 5 nitrogen and oxygen atoms in total. The molecule has 1 aromatic heterocycles. The van der Waals surface area contributed by atoms with Gasteiger partial charge in [0.05, 0.1) is 0 Å². The average molecular weight is 228 g/mol. The van der Waals surface area contributed by atoms with Crippen LogP contribution in [-0.4, -0.2) is 22.3 Å². The van der Waals surface area contributed by atoms with E-state index in [9.17, 15) is 0 Å². The number of rotatable bonds is 5. The minimum atomic E-state index is 0.390. The van der Waals surface area contributed by atoms with Crippen LogP contribution in [0.5, 0.6) is 0 Å². The first-order valence-corrected chi connectivity index (χ1v) is 5.54. The van der Waals surface area contributed by atoms with Gasteiger partial charge >= 0.3 is 0 Å². The lowest BCUT2D eigenvalue weighted by atomic mass is 10.5. The third kappa shape index (κ3) is 4.03. The van der Waals surface area contributed by atoms with E-state index in [-0.39, 0.29) is 0 Å². The van der Waals surface area contributed by atoms with Gasteiger partial charge < -0.3 is 10.2 Å². The third-order valence-electron chi connectivity index (χ3n) is 1.53. The van der Waals surface area contributed by atoms with Crippen molar-refractivity contribution in [1.82, 2.24) is 9.97 Å². The van der Waals surface area contributed by atoms with Crippen LogP contribution in [-0.2, 0) is 11.3 Å². The average Bonchev–Trinajstić information content (AvgIpc) is 2.16. The lowest BCUT2D eigenvalue weighted by Gasteiger charge is -2.08. The fourth-order valence-corrected chi connectivity index (χ4v) is 1.86. The Morgan fingerprint density at radius 1 is 1.53 bits per heavy atom. The number of ether oxygens (including phenoxy) is 1. The molecular weight excluding hydrogens is 212 g/mol. The van der Waals surface area contributed by atoms with Crippen molar-refractivity contribution in [3.05, 3.63) is 11.9 Å². The Hall–Kier alpha value is -0.850. The number of methoxy groups -OCH3 is 1. The molecule has 0 fully saturated rings. The molecule has 84 valence electrons. The Kier molecular flexibility index (Phi) is 4.80. The fourth-order valence-electron chi connectivity index (χ4n) is 1.04. The number of thioether (sulfide) groups is 1. The minimum absolute atomic E-state index is 0.390. The number of hydrogen-bond acceptors (Lipinski definition) is 6. The zero-order chi connectivity index (χ0) is 11.3. The van der Waals surface area contributed by atoms with Crippen molar-refractivity contribution in [3.63, 3.8) is 0 Å². The molecule has 1 rings (SSSR count). The zero-order valence-corrected chi connectivity index (χ0v) is 9.97. The van der Waals surface area contributed by atoms with Crippen LogP contribution in [0.25, 0.3) is 0 Å². The second-order valence-electron chi connectivity index (χ2n) is 3.25. The van der Waals surface area contributed by atoms with E-state index in [2.05, 4.69) is 29.2 Å². The number of nitrogens with zero attached hydrogens (tertiary/aromatic N) is 2. The molecule has 0 spiro atoms. The number of hydrogen-bond donors (Lipinski definition) is 2. The molecule has 0 atom stereocenters. The maximum Gasteiger partial charge on any atom is 0.157 e. The predicted molar refractivity (Wildman–Crippen MR) is 61.5 cm³/mol. The number of anilines is 1. The molecule has 1 aromatic rings. The molecule has 0 aliphatic rings. The molecule has 0 radical (unpaired) electrons. The number of nitrogen functional groups attached to an aromatic ring is 1. The van der Waals surface area contributed by atoms with E-state index in [0.29, 0.717) is 23.5 Å². The van der Waals surface area contributed by atoms with E-state index in [1.807, 2.05) is 6.07 Å². The summed E-state index contributed by atoms with van der Waals surface area (Å²) >= 11 is 1.67. The molecular formula is C9H16N4OS. The Labute approximate surface area is 93.8 Å². The highest BCUT2D eigenvalue weighted by molar-refractivity contribution is 7.99. The molecule has 6 heteroatoms. The van der Waals surface area contributed by atoms with Crippen molar-refractivity contribution in [3.8, 4) is 0 Å². The van der Waals surface area contributed by atoms with Gasteiger partial charge in [-0.05, 0) is 0 Å². The van der Waals surface area contributed by atoms with Gasteiger partial charge in [-0.25, -0.2) is 15.8 Å². The first kappa shape index (κ1) is 12.2. The molecule has 0 bridgehead atoms. The maximum atomic E-state index is 5.32. The van der Waals surface area contributed by atoms with Crippen LogP contribution < -0.4 is 11.3 Å². The highest BCUT2D eigenvalue weighted by Crippen LogP contribution is 2.22. The molecule has 0 aliphatic heterocycles. The van der Waals surface area contributed by atoms with Crippen LogP contribution in [0.15, 0.2) is 11.1 Å². The highest BCUT2D eigenvalue weighted by Gasteiger charge is 2.06. The molecule has 1 heterocycles. The monoisotopic (exact) mass is 228 g/mol. The van der Waals surface area contributed by atoms with Gasteiger partial charge in [0.25, 0.3) is 0 Å². The molecule has 0 amide bonds. The topological polar surface area (TPSA) is 73.1 Å². The standard InChI is InChI=1S/C9H16N4OS/c1-6(2)15-9-4-7(13-10)11-8(12-9)5-14-3/h4,6H,5,10H2,1-3H3,(H,11,12,13). The van der Waals surface area contributed by atoms with Crippen LogP contribution in [0.3, 0.4) is 0 Å². The van der Waals surface area contributed by atoms with E-state index in [1.54, 1.807) is 18.9 Å². The van der Waals surface area contributed by atoms with Gasteiger partial charge in [-0.15, -0.1) is 11.8 Å². The van der Waals surface area contributed by atoms with Crippen molar-refractivity contribution in [1.29, 1.82) is 0 Å². The predicted octanol–water partition coefficient (Wildman–Crippen LogP) is 1.41. The number of aromatic nitrogens is 2. The molecule has 0 aromatic carbocycles. The molecule has 0 unspecified atom stereocenters. The third-order valence-corrected chi connectivity index (χ3v) is 2.45. The van der Waals surface area contributed by atoms with Crippen molar-refractivity contribution in [2.24, 2.45) is 5.84 Å². The molecule has 15 heavy (non-hydrogen) atoms. The molecule has 3 N–H and O–H groups in total. The van der Waals surface area contributed by atoms with Gasteiger partial charge in [0.1, 0.15) is 17.5 Å². The van der Waals surface area contributed by atoms with E-state index in [4.69, 9.17) is 10.6 Å². The van der Waals surface area contributed by atoms with Crippen molar-refractivity contribution in [2.45, 2.75) is 30.7 Å². The quantitative estimate of drug-likeness (QED) is 0.343. The number of hydrazine groups is 1. The van der Waals surface area contributed by atoms with E-state index >= 15 is 0 Å². The van der Waals surface area contributed by atoms with Gasteiger partial charge in [-0.2, -0.15) is 0 Å². The Morgan fingerprint density at radius 2 is 2.27 bits per heavy atom. The Bertz CT molecular complexity index is 319. The highest BCUT2D eigenvalue weighted by atomic mass is 32.2. The van der Waals surface area contributed by atoms with Crippen LogP contribution in [0.4, 0.5) is 5.82 Å². The summed E-state index contributed by atoms with van der Waals surface area (Å²) in [6.45, 7) is 4.61. The Morgan fingerprint density at radius 3 is 2.80 bits per heavy atom.